The Morgan fingerprint density at radius 2 is 2.26 bits per heavy atom. The molecule has 2 aromatic rings. The van der Waals surface area contributed by atoms with Crippen molar-refractivity contribution >= 4 is 5.97 Å². The van der Waals surface area contributed by atoms with Crippen molar-refractivity contribution in [3.8, 4) is 11.3 Å². The number of nitrogens with one attached hydrogen (secondary N) is 1. The molecule has 0 aliphatic rings. The number of imidazole rings is 1. The molecule has 0 radical (unpaired) electrons. The van der Waals surface area contributed by atoms with Crippen LogP contribution < -0.4 is 0 Å². The van der Waals surface area contributed by atoms with Gasteiger partial charge in [-0.05, 0) is 25.5 Å². The van der Waals surface area contributed by atoms with Crippen molar-refractivity contribution in [3.63, 3.8) is 0 Å². The molecule has 1 aromatic carbocycles. The van der Waals surface area contributed by atoms with Crippen molar-refractivity contribution in [1.29, 1.82) is 0 Å². The van der Waals surface area contributed by atoms with Crippen LogP contribution in [-0.4, -0.2) is 21.0 Å². The third-order valence-electron chi connectivity index (χ3n) is 3.04. The normalized spacial score (nSPS) is 12.4. The van der Waals surface area contributed by atoms with E-state index in [1.54, 1.807) is 26.0 Å². The van der Waals surface area contributed by atoms with Crippen LogP contribution in [0, 0.1) is 12.7 Å². The second-order valence-corrected chi connectivity index (χ2v) is 4.41. The van der Waals surface area contributed by atoms with Crippen LogP contribution in [0.1, 0.15) is 30.8 Å². The zero-order chi connectivity index (χ0) is 14.0. The molecule has 1 unspecified atom stereocenters. The summed E-state index contributed by atoms with van der Waals surface area (Å²) in [5.41, 5.74) is 1.97. The minimum absolute atomic E-state index is 0.341. The highest BCUT2D eigenvalue weighted by atomic mass is 19.1. The number of carboxylic acid groups (broad SMARTS) is 1. The van der Waals surface area contributed by atoms with Gasteiger partial charge < -0.3 is 10.1 Å². The van der Waals surface area contributed by atoms with Gasteiger partial charge in [0.25, 0.3) is 0 Å². The Balaban J connectivity index is 2.44. The molecule has 1 aromatic heterocycles. The predicted molar refractivity (Wildman–Crippen MR) is 69.4 cm³/mol. The van der Waals surface area contributed by atoms with E-state index < -0.39 is 11.9 Å². The molecular weight excluding hydrogens is 247 g/mol. The van der Waals surface area contributed by atoms with Gasteiger partial charge in [0, 0.05) is 11.3 Å². The topological polar surface area (TPSA) is 66.0 Å². The van der Waals surface area contributed by atoms with Crippen LogP contribution in [0.5, 0.6) is 0 Å². The number of aryl methyl sites for hydroxylation is 1. The summed E-state index contributed by atoms with van der Waals surface area (Å²) in [6.07, 6.45) is 0.449. The monoisotopic (exact) mass is 262 g/mol. The lowest BCUT2D eigenvalue weighted by Crippen LogP contribution is -2.12. The molecule has 0 amide bonds. The summed E-state index contributed by atoms with van der Waals surface area (Å²) >= 11 is 0. The molecule has 0 saturated heterocycles. The number of aliphatic carboxylic acids is 1. The van der Waals surface area contributed by atoms with Gasteiger partial charge in [0.2, 0.25) is 0 Å². The van der Waals surface area contributed by atoms with E-state index in [0.717, 1.165) is 5.69 Å². The zero-order valence-corrected chi connectivity index (χ0v) is 10.8. The first kappa shape index (κ1) is 13.3. The number of hydrogen-bond donors (Lipinski definition) is 2. The Hall–Kier alpha value is -2.17. The highest BCUT2D eigenvalue weighted by Crippen LogP contribution is 2.25. The van der Waals surface area contributed by atoms with Crippen molar-refractivity contribution in [3.05, 3.63) is 41.6 Å². The predicted octanol–water partition coefficient (Wildman–Crippen LogP) is 3.10. The number of halogens is 1. The van der Waals surface area contributed by atoms with E-state index >= 15 is 0 Å². The third kappa shape index (κ3) is 2.65. The van der Waals surface area contributed by atoms with E-state index in [9.17, 15) is 9.18 Å². The van der Waals surface area contributed by atoms with Crippen molar-refractivity contribution < 1.29 is 14.3 Å². The smallest absolute Gasteiger partial charge is 0.314 e. The third-order valence-corrected chi connectivity index (χ3v) is 3.04. The van der Waals surface area contributed by atoms with Crippen molar-refractivity contribution in [2.45, 2.75) is 26.2 Å². The molecule has 0 bridgehead atoms. The molecule has 19 heavy (non-hydrogen) atoms. The molecule has 0 aliphatic heterocycles. The van der Waals surface area contributed by atoms with E-state index in [2.05, 4.69) is 9.97 Å². The zero-order valence-electron chi connectivity index (χ0n) is 10.8. The quantitative estimate of drug-likeness (QED) is 0.889. The number of nitrogens with zero attached hydrogens (tertiary/aromatic N) is 1. The maximum atomic E-state index is 13.2. The Kier molecular flexibility index (Phi) is 3.64. The second-order valence-electron chi connectivity index (χ2n) is 4.41. The number of aromatic amines is 1. The van der Waals surface area contributed by atoms with Crippen molar-refractivity contribution in [1.82, 2.24) is 9.97 Å². The summed E-state index contributed by atoms with van der Waals surface area (Å²) < 4.78 is 13.2. The van der Waals surface area contributed by atoms with Gasteiger partial charge in [-0.3, -0.25) is 4.79 Å². The van der Waals surface area contributed by atoms with Crippen LogP contribution in [0.4, 0.5) is 4.39 Å². The fourth-order valence-corrected chi connectivity index (χ4v) is 2.05. The second kappa shape index (κ2) is 5.22. The van der Waals surface area contributed by atoms with Crippen molar-refractivity contribution in [2.75, 3.05) is 0 Å². The first-order chi connectivity index (χ1) is 9.02. The van der Waals surface area contributed by atoms with Gasteiger partial charge in [-0.25, -0.2) is 9.37 Å². The fraction of sp³-hybridized carbons (Fsp3) is 0.286. The van der Waals surface area contributed by atoms with Gasteiger partial charge in [-0.2, -0.15) is 0 Å². The number of carboxylic acids is 1. The van der Waals surface area contributed by atoms with Gasteiger partial charge in [-0.15, -0.1) is 0 Å². The van der Waals surface area contributed by atoms with E-state index in [0.29, 0.717) is 23.5 Å². The van der Waals surface area contributed by atoms with E-state index in [-0.39, 0.29) is 5.82 Å². The first-order valence-electron chi connectivity index (χ1n) is 6.08. The molecule has 1 atom stereocenters. The number of benzene rings is 1. The highest BCUT2D eigenvalue weighted by Gasteiger charge is 2.22. The molecule has 5 heteroatoms. The molecule has 0 fully saturated rings. The minimum Gasteiger partial charge on any atom is -0.481 e. The van der Waals surface area contributed by atoms with Crippen LogP contribution in [0.15, 0.2) is 24.3 Å². The van der Waals surface area contributed by atoms with Gasteiger partial charge in [0.1, 0.15) is 17.6 Å². The number of hydrogen-bond acceptors (Lipinski definition) is 2. The van der Waals surface area contributed by atoms with Gasteiger partial charge in [0.05, 0.1) is 5.69 Å². The molecule has 0 aliphatic carbocycles. The summed E-state index contributed by atoms with van der Waals surface area (Å²) in [5.74, 6) is -1.51. The maximum Gasteiger partial charge on any atom is 0.314 e. The molecule has 100 valence electrons. The Labute approximate surface area is 110 Å². The average molecular weight is 262 g/mol. The van der Waals surface area contributed by atoms with E-state index in [4.69, 9.17) is 5.11 Å². The largest absolute Gasteiger partial charge is 0.481 e. The molecular formula is C14H15FN2O2. The standard InChI is InChI=1S/C14H15FN2O2/c1-3-11(14(18)19)13-16-8(2)12(17-13)9-5-4-6-10(15)7-9/h4-7,11H,3H2,1-2H3,(H,16,17)(H,18,19). The summed E-state index contributed by atoms with van der Waals surface area (Å²) in [6, 6.07) is 6.10. The molecule has 0 saturated carbocycles. The lowest BCUT2D eigenvalue weighted by Gasteiger charge is -2.04. The van der Waals surface area contributed by atoms with Gasteiger partial charge in [-0.1, -0.05) is 19.1 Å². The fourth-order valence-electron chi connectivity index (χ4n) is 2.05. The number of rotatable bonds is 4. The summed E-state index contributed by atoms with van der Waals surface area (Å²) in [6.45, 7) is 3.59. The summed E-state index contributed by atoms with van der Waals surface area (Å²) in [5, 5.41) is 9.12. The molecule has 2 rings (SSSR count). The minimum atomic E-state index is -0.915. The first-order valence-corrected chi connectivity index (χ1v) is 6.08. The van der Waals surface area contributed by atoms with E-state index in [1.165, 1.54) is 12.1 Å². The van der Waals surface area contributed by atoms with Crippen LogP contribution in [-0.2, 0) is 4.79 Å². The summed E-state index contributed by atoms with van der Waals surface area (Å²) in [4.78, 5) is 18.4. The average Bonchev–Trinajstić information content (AvgIpc) is 2.71. The lowest BCUT2D eigenvalue weighted by molar-refractivity contribution is -0.139. The van der Waals surface area contributed by atoms with Crippen LogP contribution in [0.3, 0.4) is 0 Å². The van der Waals surface area contributed by atoms with Gasteiger partial charge >= 0.3 is 5.97 Å². The van der Waals surface area contributed by atoms with Crippen molar-refractivity contribution in [2.24, 2.45) is 0 Å². The maximum absolute atomic E-state index is 13.2. The SMILES string of the molecule is CCC(C(=O)O)c1nc(-c2cccc(F)c2)c(C)[nH]1. The van der Waals surface area contributed by atoms with Crippen LogP contribution >= 0.6 is 0 Å². The molecule has 4 nitrogen and oxygen atoms in total. The van der Waals surface area contributed by atoms with Crippen LogP contribution in [0.2, 0.25) is 0 Å². The number of aromatic nitrogens is 2. The van der Waals surface area contributed by atoms with Gasteiger partial charge in [0.15, 0.2) is 0 Å². The molecule has 0 spiro atoms. The highest BCUT2D eigenvalue weighted by molar-refractivity contribution is 5.75. The number of H-pyrrole nitrogens is 1. The molecule has 2 N–H and O–H groups in total. The lowest BCUT2D eigenvalue weighted by atomic mass is 10.1. The summed E-state index contributed by atoms with van der Waals surface area (Å²) in [7, 11) is 0. The Bertz CT molecular complexity index is 607. The van der Waals surface area contributed by atoms with E-state index in [1.807, 2.05) is 0 Å². The Morgan fingerprint density at radius 1 is 1.53 bits per heavy atom. The Morgan fingerprint density at radius 3 is 2.84 bits per heavy atom. The number of carbonyl (C=O) groups is 1. The molecule has 1 heterocycles. The van der Waals surface area contributed by atoms with Crippen LogP contribution in [0.25, 0.3) is 11.3 Å².